The lowest BCUT2D eigenvalue weighted by Gasteiger charge is -2.31. The summed E-state index contributed by atoms with van der Waals surface area (Å²) in [6, 6.07) is 8.26. The van der Waals surface area contributed by atoms with Crippen molar-refractivity contribution in [3.63, 3.8) is 0 Å². The van der Waals surface area contributed by atoms with E-state index in [1.54, 1.807) is 0 Å². The molecule has 1 aromatic carbocycles. The molecule has 8 nitrogen and oxygen atoms in total. The average molecular weight is 495 g/mol. The highest BCUT2D eigenvalue weighted by atomic mass is 16.5. The van der Waals surface area contributed by atoms with Crippen LogP contribution in [0.2, 0.25) is 0 Å². The number of anilines is 1. The summed E-state index contributed by atoms with van der Waals surface area (Å²) in [5.74, 6) is 2.09. The van der Waals surface area contributed by atoms with Crippen LogP contribution in [0, 0.1) is 11.8 Å². The lowest BCUT2D eigenvalue weighted by molar-refractivity contribution is -0.125. The molecule has 2 aliphatic rings. The Morgan fingerprint density at radius 2 is 1.89 bits per heavy atom. The molecule has 1 fully saturated rings. The second-order valence-corrected chi connectivity index (χ2v) is 9.79. The van der Waals surface area contributed by atoms with Crippen molar-refractivity contribution in [3.8, 4) is 5.75 Å². The van der Waals surface area contributed by atoms with Gasteiger partial charge >= 0.3 is 0 Å². The number of allylic oxidation sites excluding steroid dienone is 2. The quantitative estimate of drug-likeness (QED) is 0.466. The number of nitrogens with zero attached hydrogens (tertiary/aromatic N) is 3. The van der Waals surface area contributed by atoms with Gasteiger partial charge in [-0.15, -0.1) is 0 Å². The van der Waals surface area contributed by atoms with Gasteiger partial charge in [0.2, 0.25) is 11.9 Å². The van der Waals surface area contributed by atoms with Gasteiger partial charge in [-0.3, -0.25) is 4.79 Å². The van der Waals surface area contributed by atoms with Crippen LogP contribution in [-0.4, -0.2) is 65.0 Å². The second kappa shape index (κ2) is 12.8. The number of aliphatic hydroxyl groups is 2. The van der Waals surface area contributed by atoms with E-state index >= 15 is 0 Å². The van der Waals surface area contributed by atoms with Crippen LogP contribution in [0.25, 0.3) is 5.57 Å². The van der Waals surface area contributed by atoms with Gasteiger partial charge in [-0.2, -0.15) is 0 Å². The van der Waals surface area contributed by atoms with Gasteiger partial charge in [-0.25, -0.2) is 9.97 Å². The highest BCUT2D eigenvalue weighted by Gasteiger charge is 2.23. The second-order valence-electron chi connectivity index (χ2n) is 9.79. The van der Waals surface area contributed by atoms with E-state index in [0.717, 1.165) is 62.5 Å². The Balaban J connectivity index is 1.19. The Morgan fingerprint density at radius 1 is 1.17 bits per heavy atom. The predicted octanol–water partition coefficient (Wildman–Crippen LogP) is 2.99. The van der Waals surface area contributed by atoms with E-state index in [9.17, 15) is 9.90 Å². The van der Waals surface area contributed by atoms with Gasteiger partial charge in [-0.05, 0) is 73.3 Å². The minimum Gasteiger partial charge on any atom is -0.493 e. The molecule has 4 rings (SSSR count). The number of amides is 1. The van der Waals surface area contributed by atoms with Gasteiger partial charge in [-0.1, -0.05) is 25.1 Å². The molecule has 1 aliphatic heterocycles. The van der Waals surface area contributed by atoms with E-state index in [0.29, 0.717) is 18.9 Å². The van der Waals surface area contributed by atoms with Crippen molar-refractivity contribution in [3.05, 3.63) is 53.9 Å². The van der Waals surface area contributed by atoms with Crippen molar-refractivity contribution in [2.24, 2.45) is 11.8 Å². The highest BCUT2D eigenvalue weighted by Crippen LogP contribution is 2.31. The fourth-order valence-electron chi connectivity index (χ4n) is 4.73. The molecule has 0 saturated carbocycles. The third-order valence-corrected chi connectivity index (χ3v) is 7.21. The molecule has 3 N–H and O–H groups in total. The molecular formula is C28H38N4O4. The van der Waals surface area contributed by atoms with Crippen molar-refractivity contribution in [1.29, 1.82) is 0 Å². The number of rotatable bonds is 10. The Kier molecular flexibility index (Phi) is 9.30. The number of ether oxygens (including phenoxy) is 1. The number of hydrogen-bond acceptors (Lipinski definition) is 7. The van der Waals surface area contributed by atoms with Crippen molar-refractivity contribution >= 4 is 17.4 Å². The van der Waals surface area contributed by atoms with Gasteiger partial charge in [0.1, 0.15) is 5.75 Å². The molecule has 0 bridgehead atoms. The fraction of sp³-hybridized carbons (Fsp3) is 0.536. The van der Waals surface area contributed by atoms with Crippen LogP contribution in [0.5, 0.6) is 5.75 Å². The lowest BCUT2D eigenvalue weighted by atomic mass is 9.86. The van der Waals surface area contributed by atoms with Crippen LogP contribution in [-0.2, 0) is 11.2 Å². The fourth-order valence-corrected chi connectivity index (χ4v) is 4.73. The van der Waals surface area contributed by atoms with Gasteiger partial charge in [0.05, 0.1) is 19.3 Å². The zero-order valence-corrected chi connectivity index (χ0v) is 21.1. The molecular weight excluding hydrogens is 456 g/mol. The van der Waals surface area contributed by atoms with Crippen LogP contribution in [0.1, 0.15) is 50.2 Å². The number of hydrogen-bond donors (Lipinski definition) is 3. The van der Waals surface area contributed by atoms with Gasteiger partial charge in [0.15, 0.2) is 0 Å². The van der Waals surface area contributed by atoms with Gasteiger partial charge in [0, 0.05) is 37.9 Å². The van der Waals surface area contributed by atoms with Crippen LogP contribution >= 0.6 is 0 Å². The van der Waals surface area contributed by atoms with E-state index in [2.05, 4.69) is 45.3 Å². The highest BCUT2D eigenvalue weighted by molar-refractivity contribution is 5.80. The number of piperidine rings is 1. The minimum absolute atomic E-state index is 0.0608. The van der Waals surface area contributed by atoms with E-state index < -0.39 is 6.10 Å². The van der Waals surface area contributed by atoms with E-state index in [4.69, 9.17) is 9.84 Å². The van der Waals surface area contributed by atoms with Crippen molar-refractivity contribution < 1.29 is 19.7 Å². The maximum Gasteiger partial charge on any atom is 0.225 e. The van der Waals surface area contributed by atoms with E-state index in [1.165, 1.54) is 11.1 Å². The number of carbonyl (C=O) groups is 1. The molecule has 194 valence electrons. The summed E-state index contributed by atoms with van der Waals surface area (Å²) in [5.41, 5.74) is 3.58. The number of nitrogens with one attached hydrogen (secondary N) is 1. The predicted molar refractivity (Wildman–Crippen MR) is 140 cm³/mol. The van der Waals surface area contributed by atoms with Crippen LogP contribution < -0.4 is 15.0 Å². The third-order valence-electron chi connectivity index (χ3n) is 7.21. The molecule has 1 aromatic heterocycles. The molecule has 36 heavy (non-hydrogen) atoms. The zero-order chi connectivity index (χ0) is 25.3. The van der Waals surface area contributed by atoms with Gasteiger partial charge < -0.3 is 25.2 Å². The Bertz CT molecular complexity index is 1000. The van der Waals surface area contributed by atoms with Crippen molar-refractivity contribution in [2.45, 2.75) is 51.6 Å². The number of aliphatic hydroxyl groups excluding tert-OH is 2. The van der Waals surface area contributed by atoms with Crippen molar-refractivity contribution in [2.75, 3.05) is 37.7 Å². The molecule has 0 spiro atoms. The standard InChI is InChI=1S/C28H38N4O4/c1-2-20-15-30-28(31-16-20)32-13-11-21(12-14-32)19-36-26-9-7-23(8-10-26)22-3-5-24(6-4-22)27(35)29-17-25(34)18-33/h3,7-10,15-16,21,24-25,33-34H,2,4-6,11-14,17-19H2,1H3,(H,29,35). The molecule has 1 aliphatic carbocycles. The SMILES string of the molecule is CCc1cnc(N2CCC(COc3ccc(C4=CCC(C(=O)NCC(O)CO)CC4)cc3)CC2)nc1. The summed E-state index contributed by atoms with van der Waals surface area (Å²) in [7, 11) is 0. The summed E-state index contributed by atoms with van der Waals surface area (Å²) in [6.07, 6.45) is 10.5. The van der Waals surface area contributed by atoms with E-state index in [-0.39, 0.29) is 25.0 Å². The third kappa shape index (κ3) is 7.04. The first-order valence-electron chi connectivity index (χ1n) is 13.1. The Morgan fingerprint density at radius 3 is 2.50 bits per heavy atom. The first-order chi connectivity index (χ1) is 17.6. The molecule has 2 atom stereocenters. The first kappa shape index (κ1) is 26.1. The van der Waals surface area contributed by atoms with Crippen LogP contribution in [0.3, 0.4) is 0 Å². The molecule has 1 amide bonds. The lowest BCUT2D eigenvalue weighted by Crippen LogP contribution is -2.38. The first-order valence-corrected chi connectivity index (χ1v) is 13.1. The Hall–Kier alpha value is -2.97. The average Bonchev–Trinajstić information content (AvgIpc) is 2.95. The number of aryl methyl sites for hydroxylation is 1. The maximum absolute atomic E-state index is 12.3. The number of aromatic nitrogens is 2. The zero-order valence-electron chi connectivity index (χ0n) is 21.1. The van der Waals surface area contributed by atoms with Crippen LogP contribution in [0.4, 0.5) is 5.95 Å². The molecule has 2 heterocycles. The smallest absolute Gasteiger partial charge is 0.225 e. The summed E-state index contributed by atoms with van der Waals surface area (Å²) in [6.45, 7) is 4.47. The van der Waals surface area contributed by atoms with Gasteiger partial charge in [0.25, 0.3) is 0 Å². The molecule has 0 radical (unpaired) electrons. The van der Waals surface area contributed by atoms with E-state index in [1.807, 2.05) is 24.5 Å². The summed E-state index contributed by atoms with van der Waals surface area (Å²) in [4.78, 5) is 23.5. The number of carbonyl (C=O) groups excluding carboxylic acids is 1. The summed E-state index contributed by atoms with van der Waals surface area (Å²) >= 11 is 0. The largest absolute Gasteiger partial charge is 0.493 e. The summed E-state index contributed by atoms with van der Waals surface area (Å²) < 4.78 is 6.10. The minimum atomic E-state index is -0.907. The monoisotopic (exact) mass is 494 g/mol. The molecule has 1 saturated heterocycles. The molecule has 2 aromatic rings. The van der Waals surface area contributed by atoms with Crippen molar-refractivity contribution in [1.82, 2.24) is 15.3 Å². The summed E-state index contributed by atoms with van der Waals surface area (Å²) in [5, 5.41) is 21.0. The topological polar surface area (TPSA) is 108 Å². The normalized spacial score (nSPS) is 19.5. The molecule has 8 heteroatoms. The Labute approximate surface area is 213 Å². The maximum atomic E-state index is 12.3. The number of benzene rings is 1. The van der Waals surface area contributed by atoms with Crippen LogP contribution in [0.15, 0.2) is 42.7 Å². The molecule has 2 unspecified atom stereocenters.